The van der Waals surface area contributed by atoms with Gasteiger partial charge in [0.2, 0.25) is 23.6 Å². The Labute approximate surface area is 169 Å². The first kappa shape index (κ1) is 24.8. The van der Waals surface area contributed by atoms with Gasteiger partial charge in [-0.2, -0.15) is 0 Å². The van der Waals surface area contributed by atoms with Gasteiger partial charge in [-0.25, -0.2) is 0 Å². The summed E-state index contributed by atoms with van der Waals surface area (Å²) in [5.74, 6) is -2.66. The number of rotatable bonds is 10. The van der Waals surface area contributed by atoms with E-state index in [2.05, 4.69) is 16.0 Å². The Balaban J connectivity index is 2.69. The number of aliphatic hydroxyl groups is 1. The SMILES string of the molecule is CC(=O)N[C@H](C(=O)N[C@H](C(=O)NCC(=O)N[C@@H](N)B(O)O)[C@@H](C)O)C1CCCC1. The van der Waals surface area contributed by atoms with E-state index in [1.807, 2.05) is 5.32 Å². The summed E-state index contributed by atoms with van der Waals surface area (Å²) < 4.78 is 0. The van der Waals surface area contributed by atoms with Crippen molar-refractivity contribution in [3.63, 3.8) is 0 Å². The molecule has 1 aliphatic carbocycles. The van der Waals surface area contributed by atoms with E-state index < -0.39 is 55.6 Å². The lowest BCUT2D eigenvalue weighted by Crippen LogP contribution is -2.59. The second-order valence-corrected chi connectivity index (χ2v) is 7.17. The van der Waals surface area contributed by atoms with Crippen LogP contribution in [0.25, 0.3) is 0 Å². The van der Waals surface area contributed by atoms with Crippen molar-refractivity contribution in [3.05, 3.63) is 0 Å². The van der Waals surface area contributed by atoms with Crippen molar-refractivity contribution in [1.29, 1.82) is 0 Å². The molecule has 1 aliphatic rings. The summed E-state index contributed by atoms with van der Waals surface area (Å²) >= 11 is 0. The average Bonchev–Trinajstić information content (AvgIpc) is 3.15. The van der Waals surface area contributed by atoms with E-state index in [1.54, 1.807) is 0 Å². The Bertz CT molecular complexity index is 598. The van der Waals surface area contributed by atoms with Crippen LogP contribution in [0.15, 0.2) is 0 Å². The number of hydrogen-bond acceptors (Lipinski definition) is 8. The van der Waals surface area contributed by atoms with E-state index in [1.165, 1.54) is 13.8 Å². The fourth-order valence-electron chi connectivity index (χ4n) is 3.14. The standard InChI is InChI=1S/C16H30BN5O7/c1-8(23)12(14(26)19-7-11(25)21-16(18)17(28)29)22-15(27)13(20-9(2)24)10-5-3-4-6-10/h8,10,12-13,16,23,28-29H,3-7,18H2,1-2H3,(H,19,26)(H,20,24)(H,21,25)(H,22,27)/t8-,12+,13+,16-/m1/s1. The van der Waals surface area contributed by atoms with Crippen LogP contribution < -0.4 is 27.0 Å². The van der Waals surface area contributed by atoms with Crippen LogP contribution in [0.3, 0.4) is 0 Å². The normalized spacial score (nSPS) is 18.1. The molecule has 1 saturated carbocycles. The summed E-state index contributed by atoms with van der Waals surface area (Å²) in [5, 5.41) is 36.9. The van der Waals surface area contributed by atoms with Crippen LogP contribution in [0.4, 0.5) is 0 Å². The molecular formula is C16H30BN5O7. The minimum absolute atomic E-state index is 0.0613. The van der Waals surface area contributed by atoms with Crippen molar-refractivity contribution in [2.75, 3.05) is 6.54 Å². The van der Waals surface area contributed by atoms with Gasteiger partial charge in [0.25, 0.3) is 0 Å². The van der Waals surface area contributed by atoms with Gasteiger partial charge < -0.3 is 42.2 Å². The van der Waals surface area contributed by atoms with Gasteiger partial charge in [-0.1, -0.05) is 12.8 Å². The third-order valence-corrected chi connectivity index (χ3v) is 4.65. The maximum absolute atomic E-state index is 12.7. The maximum Gasteiger partial charge on any atom is 0.490 e. The van der Waals surface area contributed by atoms with Crippen LogP contribution in [0.1, 0.15) is 39.5 Å². The van der Waals surface area contributed by atoms with Gasteiger partial charge >= 0.3 is 7.12 Å². The second-order valence-electron chi connectivity index (χ2n) is 7.17. The lowest BCUT2D eigenvalue weighted by atomic mass is 9.87. The Morgan fingerprint density at radius 2 is 1.66 bits per heavy atom. The summed E-state index contributed by atoms with van der Waals surface area (Å²) in [6, 6.07) is -3.61. The number of aliphatic hydroxyl groups excluding tert-OH is 1. The second kappa shape index (κ2) is 11.7. The summed E-state index contributed by atoms with van der Waals surface area (Å²) in [7, 11) is -1.97. The molecule has 164 valence electrons. The Morgan fingerprint density at radius 3 is 2.14 bits per heavy atom. The molecule has 0 saturated heterocycles. The molecule has 4 atom stereocenters. The lowest BCUT2D eigenvalue weighted by molar-refractivity contribution is -0.135. The van der Waals surface area contributed by atoms with Crippen molar-refractivity contribution >= 4 is 30.7 Å². The van der Waals surface area contributed by atoms with E-state index in [0.29, 0.717) is 0 Å². The highest BCUT2D eigenvalue weighted by Gasteiger charge is 2.35. The van der Waals surface area contributed by atoms with Gasteiger partial charge in [-0.15, -0.1) is 0 Å². The van der Waals surface area contributed by atoms with Crippen molar-refractivity contribution in [2.24, 2.45) is 11.7 Å². The van der Waals surface area contributed by atoms with Gasteiger partial charge in [0.05, 0.1) is 12.6 Å². The lowest BCUT2D eigenvalue weighted by Gasteiger charge is -2.27. The molecule has 4 amide bonds. The zero-order valence-corrected chi connectivity index (χ0v) is 16.6. The number of carbonyl (C=O) groups is 4. The van der Waals surface area contributed by atoms with E-state index in [4.69, 9.17) is 15.8 Å². The molecule has 0 aromatic heterocycles. The van der Waals surface area contributed by atoms with Crippen LogP contribution in [0.2, 0.25) is 0 Å². The molecule has 0 bridgehead atoms. The first-order chi connectivity index (χ1) is 13.5. The molecule has 9 N–H and O–H groups in total. The molecule has 0 aliphatic heterocycles. The highest BCUT2D eigenvalue weighted by molar-refractivity contribution is 6.43. The molecule has 0 aromatic carbocycles. The average molecular weight is 415 g/mol. The summed E-state index contributed by atoms with van der Waals surface area (Å²) in [4.78, 5) is 48.1. The summed E-state index contributed by atoms with van der Waals surface area (Å²) in [5.41, 5.74) is 5.25. The molecule has 0 unspecified atom stereocenters. The van der Waals surface area contributed by atoms with Gasteiger partial charge in [-0.05, 0) is 25.7 Å². The molecule has 1 rings (SSSR count). The molecule has 0 spiro atoms. The van der Waals surface area contributed by atoms with Crippen molar-refractivity contribution in [2.45, 2.75) is 63.8 Å². The van der Waals surface area contributed by atoms with E-state index in [0.717, 1.165) is 25.7 Å². The highest BCUT2D eigenvalue weighted by atomic mass is 16.4. The fraction of sp³-hybridized carbons (Fsp3) is 0.750. The predicted octanol–water partition coefficient (Wildman–Crippen LogP) is -3.92. The first-order valence-corrected chi connectivity index (χ1v) is 9.47. The molecule has 13 heteroatoms. The molecule has 29 heavy (non-hydrogen) atoms. The Kier molecular flexibility index (Phi) is 10.0. The third-order valence-electron chi connectivity index (χ3n) is 4.65. The van der Waals surface area contributed by atoms with Gasteiger partial charge in [0, 0.05) is 6.92 Å². The van der Waals surface area contributed by atoms with Crippen LogP contribution in [-0.4, -0.2) is 76.7 Å². The van der Waals surface area contributed by atoms with E-state index >= 15 is 0 Å². The van der Waals surface area contributed by atoms with E-state index in [-0.39, 0.29) is 11.8 Å². The van der Waals surface area contributed by atoms with Crippen LogP contribution in [0, 0.1) is 5.92 Å². The van der Waals surface area contributed by atoms with Crippen molar-refractivity contribution in [1.82, 2.24) is 21.3 Å². The number of nitrogens with one attached hydrogen (secondary N) is 4. The monoisotopic (exact) mass is 415 g/mol. The molecule has 12 nitrogen and oxygen atoms in total. The molecule has 0 aromatic rings. The van der Waals surface area contributed by atoms with E-state index in [9.17, 15) is 24.3 Å². The zero-order chi connectivity index (χ0) is 22.1. The van der Waals surface area contributed by atoms with Crippen molar-refractivity contribution in [3.8, 4) is 0 Å². The topological polar surface area (TPSA) is 203 Å². The smallest absolute Gasteiger partial charge is 0.425 e. The Morgan fingerprint density at radius 1 is 1.07 bits per heavy atom. The third kappa shape index (κ3) is 8.35. The highest BCUT2D eigenvalue weighted by Crippen LogP contribution is 2.28. The van der Waals surface area contributed by atoms with Gasteiger partial charge in [0.15, 0.2) is 0 Å². The quantitative estimate of drug-likeness (QED) is 0.130. The Hall–Kier alpha value is -2.22. The summed E-state index contributed by atoms with van der Waals surface area (Å²) in [6.07, 6.45) is 2.13. The van der Waals surface area contributed by atoms with Gasteiger partial charge in [-0.3, -0.25) is 19.2 Å². The predicted molar refractivity (Wildman–Crippen MR) is 102 cm³/mol. The van der Waals surface area contributed by atoms with Crippen LogP contribution >= 0.6 is 0 Å². The number of nitrogens with two attached hydrogens (primary N) is 1. The summed E-state index contributed by atoms with van der Waals surface area (Å²) in [6.45, 7) is 2.03. The zero-order valence-electron chi connectivity index (χ0n) is 16.6. The van der Waals surface area contributed by atoms with Crippen LogP contribution in [-0.2, 0) is 19.2 Å². The maximum atomic E-state index is 12.7. The van der Waals surface area contributed by atoms with Crippen molar-refractivity contribution < 1.29 is 34.3 Å². The molecule has 0 radical (unpaired) electrons. The number of carbonyl (C=O) groups excluding carboxylic acids is 4. The molecule has 0 heterocycles. The molecule has 1 fully saturated rings. The van der Waals surface area contributed by atoms with Gasteiger partial charge in [0.1, 0.15) is 18.1 Å². The largest absolute Gasteiger partial charge is 0.490 e. The minimum Gasteiger partial charge on any atom is -0.425 e. The first-order valence-electron chi connectivity index (χ1n) is 9.47. The van der Waals surface area contributed by atoms with Crippen LogP contribution in [0.5, 0.6) is 0 Å². The number of amides is 4. The minimum atomic E-state index is -1.97. The number of hydrogen-bond donors (Lipinski definition) is 8. The molecular weight excluding hydrogens is 385 g/mol. The fourth-order valence-corrected chi connectivity index (χ4v) is 3.14.